The van der Waals surface area contributed by atoms with Crippen molar-refractivity contribution in [3.8, 4) is 0 Å². The van der Waals surface area contributed by atoms with E-state index in [9.17, 15) is 18.0 Å². The van der Waals surface area contributed by atoms with E-state index < -0.39 is 11.7 Å². The first-order valence-electron chi connectivity index (χ1n) is 8.30. The molecular weight excluding hydrogens is 349 g/mol. The Balaban J connectivity index is 3.35. The predicted molar refractivity (Wildman–Crippen MR) is 93.5 cm³/mol. The molecule has 26 heavy (non-hydrogen) atoms. The van der Waals surface area contributed by atoms with Crippen LogP contribution in [0.5, 0.6) is 0 Å². The number of aryl methyl sites for hydroxylation is 1. The Morgan fingerprint density at radius 3 is 2.58 bits per heavy atom. The van der Waals surface area contributed by atoms with Gasteiger partial charge in [-0.15, -0.1) is 0 Å². The molecule has 8 heteroatoms. The van der Waals surface area contributed by atoms with Crippen molar-refractivity contribution in [2.45, 2.75) is 40.0 Å². The second kappa shape index (κ2) is 10.3. The molecular formula is C18H25F3N2O3. The zero-order chi connectivity index (χ0) is 19.7. The summed E-state index contributed by atoms with van der Waals surface area (Å²) in [5, 5.41) is 2.54. The molecule has 0 spiro atoms. The molecule has 0 radical (unpaired) electrons. The number of aliphatic imine (C=N–C) groups is 1. The number of benzene rings is 1. The van der Waals surface area contributed by atoms with Gasteiger partial charge in [-0.05, 0) is 31.0 Å². The minimum atomic E-state index is -4.46. The van der Waals surface area contributed by atoms with Gasteiger partial charge in [0.05, 0.1) is 31.1 Å². The van der Waals surface area contributed by atoms with Crippen LogP contribution in [0.2, 0.25) is 0 Å². The monoisotopic (exact) mass is 374 g/mol. The van der Waals surface area contributed by atoms with Crippen LogP contribution in [0.1, 0.15) is 37.0 Å². The zero-order valence-electron chi connectivity index (χ0n) is 15.4. The smallest absolute Gasteiger partial charge is 0.382 e. The Hall–Kier alpha value is -1.93. The summed E-state index contributed by atoms with van der Waals surface area (Å²) >= 11 is 0. The maximum Gasteiger partial charge on any atom is 0.416 e. The highest BCUT2D eigenvalue weighted by Gasteiger charge is 2.32. The Kier molecular flexibility index (Phi) is 8.74. The van der Waals surface area contributed by atoms with Crippen LogP contribution in [0.15, 0.2) is 17.1 Å². The largest absolute Gasteiger partial charge is 0.416 e. The van der Waals surface area contributed by atoms with Crippen LogP contribution >= 0.6 is 0 Å². The summed E-state index contributed by atoms with van der Waals surface area (Å²) in [6.45, 7) is 5.91. The van der Waals surface area contributed by atoms with Gasteiger partial charge in [-0.2, -0.15) is 13.2 Å². The number of hydrogen-bond acceptors (Lipinski definition) is 4. The van der Waals surface area contributed by atoms with Crippen molar-refractivity contribution < 1.29 is 27.4 Å². The van der Waals surface area contributed by atoms with Crippen LogP contribution in [-0.2, 0) is 27.1 Å². The van der Waals surface area contributed by atoms with Gasteiger partial charge >= 0.3 is 6.18 Å². The molecule has 146 valence electrons. The number of rotatable bonds is 9. The zero-order valence-corrected chi connectivity index (χ0v) is 15.4. The van der Waals surface area contributed by atoms with Gasteiger partial charge < -0.3 is 14.8 Å². The average molecular weight is 374 g/mol. The van der Waals surface area contributed by atoms with Crippen LogP contribution in [-0.4, -0.2) is 32.6 Å². The molecule has 1 rings (SSSR count). The van der Waals surface area contributed by atoms with E-state index in [1.165, 1.54) is 7.11 Å². The SMILES string of the molecule is CCC(C)C(=Nc1c(C)cc(C(F)(F)F)cc1COCCOC)NC=O. The van der Waals surface area contributed by atoms with Crippen LogP contribution in [0, 0.1) is 12.8 Å². The number of nitrogens with zero attached hydrogens (tertiary/aromatic N) is 1. The lowest BCUT2D eigenvalue weighted by atomic mass is 10.0. The average Bonchev–Trinajstić information content (AvgIpc) is 2.58. The van der Waals surface area contributed by atoms with Crippen LogP contribution in [0.25, 0.3) is 0 Å². The number of alkyl halides is 3. The van der Waals surface area contributed by atoms with Gasteiger partial charge in [0.1, 0.15) is 5.84 Å². The van der Waals surface area contributed by atoms with E-state index in [2.05, 4.69) is 10.3 Å². The number of carbonyl (C=O) groups excluding carboxylic acids is 1. The lowest BCUT2D eigenvalue weighted by Crippen LogP contribution is -2.27. The maximum absolute atomic E-state index is 13.1. The molecule has 0 heterocycles. The molecule has 1 amide bonds. The van der Waals surface area contributed by atoms with Crippen molar-refractivity contribution in [1.29, 1.82) is 0 Å². The molecule has 1 unspecified atom stereocenters. The van der Waals surface area contributed by atoms with Gasteiger partial charge in [-0.3, -0.25) is 4.79 Å². The Bertz CT molecular complexity index is 631. The molecule has 0 fully saturated rings. The van der Waals surface area contributed by atoms with Crippen LogP contribution < -0.4 is 5.32 Å². The van der Waals surface area contributed by atoms with E-state index in [0.717, 1.165) is 18.6 Å². The lowest BCUT2D eigenvalue weighted by molar-refractivity contribution is -0.137. The fourth-order valence-corrected chi connectivity index (χ4v) is 2.27. The van der Waals surface area contributed by atoms with Gasteiger partial charge in [0.15, 0.2) is 0 Å². The van der Waals surface area contributed by atoms with Gasteiger partial charge in [0.25, 0.3) is 0 Å². The predicted octanol–water partition coefficient (Wildman–Crippen LogP) is 4.00. The summed E-state index contributed by atoms with van der Waals surface area (Å²) < 4.78 is 49.7. The molecule has 1 N–H and O–H groups in total. The number of methoxy groups -OCH3 is 1. The van der Waals surface area contributed by atoms with E-state index >= 15 is 0 Å². The Morgan fingerprint density at radius 2 is 2.04 bits per heavy atom. The first kappa shape index (κ1) is 22.1. The van der Waals surface area contributed by atoms with E-state index in [1.54, 1.807) is 6.92 Å². The van der Waals surface area contributed by atoms with Crippen molar-refractivity contribution in [2.24, 2.45) is 10.9 Å². The molecule has 0 bridgehead atoms. The van der Waals surface area contributed by atoms with Crippen molar-refractivity contribution in [3.63, 3.8) is 0 Å². The summed E-state index contributed by atoms with van der Waals surface area (Å²) in [6.07, 6.45) is -3.23. The maximum atomic E-state index is 13.1. The lowest BCUT2D eigenvalue weighted by Gasteiger charge is -2.17. The highest BCUT2D eigenvalue weighted by atomic mass is 19.4. The van der Waals surface area contributed by atoms with E-state index in [1.807, 2.05) is 13.8 Å². The minimum Gasteiger partial charge on any atom is -0.382 e. The number of halogens is 3. The highest BCUT2D eigenvalue weighted by Crippen LogP contribution is 2.35. The third-order valence-electron chi connectivity index (χ3n) is 3.91. The molecule has 1 aromatic carbocycles. The van der Waals surface area contributed by atoms with E-state index in [-0.39, 0.29) is 19.1 Å². The van der Waals surface area contributed by atoms with E-state index in [0.29, 0.717) is 35.7 Å². The number of nitrogens with one attached hydrogen (secondary N) is 1. The second-order valence-corrected chi connectivity index (χ2v) is 5.91. The van der Waals surface area contributed by atoms with Crippen molar-refractivity contribution in [2.75, 3.05) is 20.3 Å². The Labute approximate surface area is 151 Å². The summed E-state index contributed by atoms with van der Waals surface area (Å²) in [5.74, 6) is 0.354. The number of amides is 1. The standard InChI is InChI=1S/C18H25F3N2O3/c1-5-12(2)17(22-11-24)23-16-13(3)8-15(18(19,20)21)9-14(16)10-26-7-6-25-4/h8-9,11-12H,5-7,10H2,1-4H3,(H,22,23,24). The molecule has 0 aliphatic carbocycles. The topological polar surface area (TPSA) is 59.9 Å². The third-order valence-corrected chi connectivity index (χ3v) is 3.91. The van der Waals surface area contributed by atoms with Gasteiger partial charge in [-0.1, -0.05) is 13.8 Å². The molecule has 0 aliphatic heterocycles. The van der Waals surface area contributed by atoms with Gasteiger partial charge in [-0.25, -0.2) is 4.99 Å². The molecule has 5 nitrogen and oxygen atoms in total. The van der Waals surface area contributed by atoms with Crippen molar-refractivity contribution in [3.05, 3.63) is 28.8 Å². The summed E-state index contributed by atoms with van der Waals surface area (Å²) in [4.78, 5) is 15.3. The Morgan fingerprint density at radius 1 is 1.35 bits per heavy atom. The van der Waals surface area contributed by atoms with Crippen molar-refractivity contribution >= 4 is 17.9 Å². The fraction of sp³-hybridized carbons (Fsp3) is 0.556. The third kappa shape index (κ3) is 6.42. The van der Waals surface area contributed by atoms with Gasteiger partial charge in [0.2, 0.25) is 6.41 Å². The molecule has 0 saturated carbocycles. The first-order valence-corrected chi connectivity index (χ1v) is 8.30. The molecule has 0 aliphatic rings. The highest BCUT2D eigenvalue weighted by molar-refractivity contribution is 5.94. The summed E-state index contributed by atoms with van der Waals surface area (Å²) in [5.41, 5.74) is 0.286. The molecule has 1 aromatic rings. The first-order chi connectivity index (χ1) is 12.2. The van der Waals surface area contributed by atoms with Crippen LogP contribution in [0.4, 0.5) is 18.9 Å². The summed E-state index contributed by atoms with van der Waals surface area (Å²) in [6, 6.07) is 2.08. The molecule has 0 aromatic heterocycles. The molecule has 1 atom stereocenters. The number of hydrogen-bond donors (Lipinski definition) is 1. The number of carbonyl (C=O) groups is 1. The normalized spacial score (nSPS) is 13.6. The van der Waals surface area contributed by atoms with Crippen LogP contribution in [0.3, 0.4) is 0 Å². The van der Waals surface area contributed by atoms with E-state index in [4.69, 9.17) is 9.47 Å². The van der Waals surface area contributed by atoms with Gasteiger partial charge in [0, 0.05) is 18.6 Å². The summed E-state index contributed by atoms with van der Waals surface area (Å²) in [7, 11) is 1.51. The number of ether oxygens (including phenoxy) is 2. The molecule has 0 saturated heterocycles. The number of amidine groups is 1. The van der Waals surface area contributed by atoms with Crippen molar-refractivity contribution in [1.82, 2.24) is 5.32 Å². The minimum absolute atomic E-state index is 0.0399. The second-order valence-electron chi connectivity index (χ2n) is 5.91. The fourth-order valence-electron chi connectivity index (χ4n) is 2.27. The quantitative estimate of drug-likeness (QED) is 0.308.